The minimum Gasteiger partial charge on any atom is -0.382 e. The first-order valence-electron chi connectivity index (χ1n) is 4.50. The molecule has 0 aliphatic carbocycles. The van der Waals surface area contributed by atoms with Crippen molar-refractivity contribution in [2.75, 3.05) is 20.3 Å². The summed E-state index contributed by atoms with van der Waals surface area (Å²) in [6.45, 7) is 5.46. The molecule has 74 valence electrons. The first-order chi connectivity index (χ1) is 5.76. The lowest BCUT2D eigenvalue weighted by atomic mass is 10.1. The Morgan fingerprint density at radius 1 is 1.17 bits per heavy atom. The summed E-state index contributed by atoms with van der Waals surface area (Å²) in [7, 11) is 1.66. The molecule has 0 aromatic heterocycles. The monoisotopic (exact) mass is 194 g/mol. The number of hydrogen-bond donors (Lipinski definition) is 0. The normalized spacial score (nSPS) is 13.8. The average Bonchev–Trinajstić information content (AvgIpc) is 2.07. The predicted molar refractivity (Wildman–Crippen MR) is 51.5 cm³/mol. The van der Waals surface area contributed by atoms with Crippen LogP contribution < -0.4 is 0 Å². The lowest BCUT2D eigenvalue weighted by Crippen LogP contribution is -2.19. The van der Waals surface area contributed by atoms with E-state index < -0.39 is 0 Å². The second kappa shape index (κ2) is 7.84. The van der Waals surface area contributed by atoms with Gasteiger partial charge in [-0.3, -0.25) is 0 Å². The SMILES string of the molecule is CCC(CC)C(Cl)OCCOC. The molecule has 0 fully saturated rings. The molecular formula is C9H19ClO2. The summed E-state index contributed by atoms with van der Waals surface area (Å²) >= 11 is 6.01. The van der Waals surface area contributed by atoms with Crippen LogP contribution in [-0.4, -0.2) is 25.9 Å². The van der Waals surface area contributed by atoms with E-state index >= 15 is 0 Å². The van der Waals surface area contributed by atoms with Gasteiger partial charge < -0.3 is 9.47 Å². The van der Waals surface area contributed by atoms with Crippen molar-refractivity contribution in [3.8, 4) is 0 Å². The third kappa shape index (κ3) is 4.96. The Hall–Kier alpha value is 0.210. The smallest absolute Gasteiger partial charge is 0.134 e. The lowest BCUT2D eigenvalue weighted by Gasteiger charge is -2.19. The molecule has 1 unspecified atom stereocenters. The average molecular weight is 195 g/mol. The molecule has 0 bridgehead atoms. The fraction of sp³-hybridized carbons (Fsp3) is 1.00. The van der Waals surface area contributed by atoms with Crippen molar-refractivity contribution >= 4 is 11.6 Å². The van der Waals surface area contributed by atoms with Gasteiger partial charge in [0.05, 0.1) is 13.2 Å². The number of alkyl halides is 1. The maximum absolute atomic E-state index is 6.01. The van der Waals surface area contributed by atoms with Gasteiger partial charge >= 0.3 is 0 Å². The van der Waals surface area contributed by atoms with Crippen LogP contribution in [0.1, 0.15) is 26.7 Å². The van der Waals surface area contributed by atoms with E-state index in [1.807, 2.05) is 0 Å². The molecule has 0 N–H and O–H groups in total. The summed E-state index contributed by atoms with van der Waals surface area (Å²) in [5.74, 6) is 0.462. The van der Waals surface area contributed by atoms with Gasteiger partial charge in [-0.05, 0) is 18.8 Å². The van der Waals surface area contributed by atoms with Crippen molar-refractivity contribution in [2.24, 2.45) is 5.92 Å². The van der Waals surface area contributed by atoms with Gasteiger partial charge in [0.2, 0.25) is 0 Å². The molecule has 0 rings (SSSR count). The number of ether oxygens (including phenoxy) is 2. The van der Waals surface area contributed by atoms with Gasteiger partial charge in [0.1, 0.15) is 5.56 Å². The number of halogens is 1. The number of methoxy groups -OCH3 is 1. The van der Waals surface area contributed by atoms with Gasteiger partial charge in [0, 0.05) is 7.11 Å². The highest BCUT2D eigenvalue weighted by Crippen LogP contribution is 2.19. The molecule has 3 heteroatoms. The molecule has 0 heterocycles. The Labute approximate surface area is 80.2 Å². The van der Waals surface area contributed by atoms with Crippen molar-refractivity contribution in [3.63, 3.8) is 0 Å². The standard InChI is InChI=1S/C9H19ClO2/c1-4-8(5-2)9(10)12-7-6-11-3/h8-9H,4-7H2,1-3H3. The van der Waals surface area contributed by atoms with E-state index in [0.717, 1.165) is 12.8 Å². The summed E-state index contributed by atoms with van der Waals surface area (Å²) in [6, 6.07) is 0. The maximum atomic E-state index is 6.01. The quantitative estimate of drug-likeness (QED) is 0.458. The fourth-order valence-electron chi connectivity index (χ4n) is 1.04. The molecular weight excluding hydrogens is 176 g/mol. The molecule has 12 heavy (non-hydrogen) atoms. The molecule has 0 aliphatic heterocycles. The molecule has 0 radical (unpaired) electrons. The maximum Gasteiger partial charge on any atom is 0.134 e. The van der Waals surface area contributed by atoms with Crippen molar-refractivity contribution in [1.82, 2.24) is 0 Å². The van der Waals surface area contributed by atoms with Gasteiger partial charge in [-0.1, -0.05) is 25.4 Å². The highest BCUT2D eigenvalue weighted by atomic mass is 35.5. The Bertz CT molecular complexity index is 94.5. The number of hydrogen-bond acceptors (Lipinski definition) is 2. The van der Waals surface area contributed by atoms with Crippen LogP contribution in [0.3, 0.4) is 0 Å². The van der Waals surface area contributed by atoms with Crippen LogP contribution in [0, 0.1) is 5.92 Å². The van der Waals surface area contributed by atoms with Crippen LogP contribution in [0.5, 0.6) is 0 Å². The topological polar surface area (TPSA) is 18.5 Å². The van der Waals surface area contributed by atoms with Gasteiger partial charge in [0.25, 0.3) is 0 Å². The molecule has 2 nitrogen and oxygen atoms in total. The highest BCUT2D eigenvalue weighted by molar-refractivity contribution is 6.19. The summed E-state index contributed by atoms with van der Waals surface area (Å²) in [4.78, 5) is 0. The summed E-state index contributed by atoms with van der Waals surface area (Å²) < 4.78 is 10.2. The zero-order valence-electron chi connectivity index (χ0n) is 8.18. The van der Waals surface area contributed by atoms with Crippen LogP contribution >= 0.6 is 11.6 Å². The van der Waals surface area contributed by atoms with Crippen LogP contribution in [-0.2, 0) is 9.47 Å². The second-order valence-corrected chi connectivity index (χ2v) is 3.22. The Morgan fingerprint density at radius 2 is 1.75 bits per heavy atom. The van der Waals surface area contributed by atoms with Crippen molar-refractivity contribution in [2.45, 2.75) is 32.3 Å². The van der Waals surface area contributed by atoms with Crippen LogP contribution in [0.25, 0.3) is 0 Å². The fourth-order valence-corrected chi connectivity index (χ4v) is 1.48. The summed E-state index contributed by atoms with van der Waals surface area (Å²) in [5.41, 5.74) is -0.157. The van der Waals surface area contributed by atoms with E-state index in [0.29, 0.717) is 19.1 Å². The minimum atomic E-state index is -0.157. The van der Waals surface area contributed by atoms with Crippen molar-refractivity contribution < 1.29 is 9.47 Å². The largest absolute Gasteiger partial charge is 0.382 e. The molecule has 0 saturated carbocycles. The second-order valence-electron chi connectivity index (χ2n) is 2.79. The predicted octanol–water partition coefficient (Wildman–Crippen LogP) is 2.65. The third-order valence-corrected chi connectivity index (χ3v) is 2.47. The van der Waals surface area contributed by atoms with Crippen LogP contribution in [0.15, 0.2) is 0 Å². The first-order valence-corrected chi connectivity index (χ1v) is 4.94. The zero-order chi connectivity index (χ0) is 9.40. The van der Waals surface area contributed by atoms with E-state index in [4.69, 9.17) is 21.1 Å². The van der Waals surface area contributed by atoms with Crippen molar-refractivity contribution in [3.05, 3.63) is 0 Å². The highest BCUT2D eigenvalue weighted by Gasteiger charge is 2.15. The lowest BCUT2D eigenvalue weighted by molar-refractivity contribution is 0.0276. The van der Waals surface area contributed by atoms with Crippen LogP contribution in [0.4, 0.5) is 0 Å². The molecule has 0 aromatic carbocycles. The molecule has 0 aliphatic rings. The van der Waals surface area contributed by atoms with Crippen molar-refractivity contribution in [1.29, 1.82) is 0 Å². The van der Waals surface area contributed by atoms with Gasteiger partial charge in [0.15, 0.2) is 0 Å². The molecule has 0 aromatic rings. The van der Waals surface area contributed by atoms with Gasteiger partial charge in [-0.2, -0.15) is 0 Å². The van der Waals surface area contributed by atoms with E-state index in [2.05, 4.69) is 13.8 Å². The molecule has 1 atom stereocenters. The van der Waals surface area contributed by atoms with Crippen LogP contribution in [0.2, 0.25) is 0 Å². The van der Waals surface area contributed by atoms with E-state index in [9.17, 15) is 0 Å². The molecule has 0 amide bonds. The van der Waals surface area contributed by atoms with E-state index in [-0.39, 0.29) is 5.56 Å². The molecule has 0 spiro atoms. The van der Waals surface area contributed by atoms with E-state index in [1.165, 1.54) is 0 Å². The van der Waals surface area contributed by atoms with E-state index in [1.54, 1.807) is 7.11 Å². The zero-order valence-corrected chi connectivity index (χ0v) is 8.93. The third-order valence-electron chi connectivity index (χ3n) is 1.98. The Kier molecular flexibility index (Phi) is 7.98. The minimum absolute atomic E-state index is 0.157. The first kappa shape index (κ1) is 12.2. The Morgan fingerprint density at radius 3 is 2.17 bits per heavy atom. The Balaban J connectivity index is 3.47. The summed E-state index contributed by atoms with van der Waals surface area (Å²) in [5, 5.41) is 0. The summed E-state index contributed by atoms with van der Waals surface area (Å²) in [6.07, 6.45) is 2.13. The van der Waals surface area contributed by atoms with Gasteiger partial charge in [-0.25, -0.2) is 0 Å². The molecule has 0 saturated heterocycles. The van der Waals surface area contributed by atoms with Gasteiger partial charge in [-0.15, -0.1) is 0 Å². The number of rotatable bonds is 7.